The molecule has 0 bridgehead atoms. The van der Waals surface area contributed by atoms with Crippen molar-refractivity contribution in [1.29, 1.82) is 0 Å². The average molecular weight is 334 g/mol. The van der Waals surface area contributed by atoms with Gasteiger partial charge in [0.25, 0.3) is 0 Å². The third-order valence-corrected chi connectivity index (χ3v) is 5.19. The van der Waals surface area contributed by atoms with Crippen molar-refractivity contribution in [2.75, 3.05) is 25.1 Å². The second-order valence-corrected chi connectivity index (χ2v) is 7.35. The highest BCUT2D eigenvalue weighted by atomic mass is 32.2. The van der Waals surface area contributed by atoms with Crippen molar-refractivity contribution in [2.45, 2.75) is 31.2 Å². The second-order valence-electron chi connectivity index (χ2n) is 4.63. The van der Waals surface area contributed by atoms with E-state index in [1.54, 1.807) is 11.8 Å². The summed E-state index contributed by atoms with van der Waals surface area (Å²) in [7, 11) is -3.67. The van der Waals surface area contributed by atoms with Gasteiger partial charge in [-0.2, -0.15) is 11.8 Å². The van der Waals surface area contributed by atoms with Crippen molar-refractivity contribution < 1.29 is 12.8 Å². The minimum atomic E-state index is -3.67. The summed E-state index contributed by atoms with van der Waals surface area (Å²) < 4.78 is 40.5. The lowest BCUT2D eigenvalue weighted by Gasteiger charge is -2.12. The molecule has 1 aromatic carbocycles. The van der Waals surface area contributed by atoms with Crippen LogP contribution in [0.3, 0.4) is 0 Å². The molecule has 0 fully saturated rings. The van der Waals surface area contributed by atoms with Crippen LogP contribution >= 0.6 is 11.8 Å². The van der Waals surface area contributed by atoms with Crippen LogP contribution in [-0.2, 0) is 16.6 Å². The summed E-state index contributed by atoms with van der Waals surface area (Å²) in [5, 5.41) is 3.06. The molecule has 0 saturated carbocycles. The molecule has 0 aliphatic carbocycles. The van der Waals surface area contributed by atoms with Crippen LogP contribution in [0.1, 0.15) is 25.3 Å². The Morgan fingerprint density at radius 1 is 1.29 bits per heavy atom. The molecule has 7 heteroatoms. The maximum atomic E-state index is 13.4. The van der Waals surface area contributed by atoms with Crippen molar-refractivity contribution in [1.82, 2.24) is 10.0 Å². The standard InChI is InChI=1S/C14H23FN2O2S2/c1-3-16-11-12-6-7-13(15)10-14(12)21(18,19)17-8-4-5-9-20-2/h6-7,10,16-17H,3-5,8-9,11H2,1-2H3. The summed E-state index contributed by atoms with van der Waals surface area (Å²) in [5.74, 6) is 0.464. The van der Waals surface area contributed by atoms with Gasteiger partial charge in [0.1, 0.15) is 5.82 Å². The monoisotopic (exact) mass is 334 g/mol. The zero-order chi connectivity index (χ0) is 15.7. The van der Waals surface area contributed by atoms with E-state index in [2.05, 4.69) is 10.0 Å². The molecule has 0 spiro atoms. The zero-order valence-corrected chi connectivity index (χ0v) is 14.1. The first kappa shape index (κ1) is 18.4. The molecule has 2 N–H and O–H groups in total. The molecule has 0 atom stereocenters. The van der Waals surface area contributed by atoms with Crippen LogP contribution in [0, 0.1) is 5.82 Å². The van der Waals surface area contributed by atoms with Crippen LogP contribution in [0.5, 0.6) is 0 Å². The highest BCUT2D eigenvalue weighted by Crippen LogP contribution is 2.17. The molecule has 1 aromatic rings. The maximum Gasteiger partial charge on any atom is 0.240 e. The molecule has 0 saturated heterocycles. The molecule has 0 unspecified atom stereocenters. The van der Waals surface area contributed by atoms with E-state index in [4.69, 9.17) is 0 Å². The number of halogens is 1. The van der Waals surface area contributed by atoms with Gasteiger partial charge in [0.15, 0.2) is 0 Å². The molecule has 0 amide bonds. The number of rotatable bonds is 10. The van der Waals surface area contributed by atoms with Gasteiger partial charge in [-0.05, 0) is 49.1 Å². The van der Waals surface area contributed by atoms with Gasteiger partial charge in [0.2, 0.25) is 10.0 Å². The van der Waals surface area contributed by atoms with Gasteiger partial charge in [0, 0.05) is 13.1 Å². The average Bonchev–Trinajstić information content (AvgIpc) is 2.45. The van der Waals surface area contributed by atoms with Crippen molar-refractivity contribution in [3.05, 3.63) is 29.6 Å². The smallest absolute Gasteiger partial charge is 0.240 e. The van der Waals surface area contributed by atoms with Crippen LogP contribution in [0.4, 0.5) is 4.39 Å². The summed E-state index contributed by atoms with van der Waals surface area (Å²) in [6, 6.07) is 3.88. The Labute approximate surface area is 131 Å². The Hall–Kier alpha value is -0.630. The lowest BCUT2D eigenvalue weighted by molar-refractivity contribution is 0.571. The second kappa shape index (κ2) is 9.40. The predicted molar refractivity (Wildman–Crippen MR) is 86.6 cm³/mol. The van der Waals surface area contributed by atoms with Gasteiger partial charge < -0.3 is 5.32 Å². The van der Waals surface area contributed by atoms with E-state index in [1.165, 1.54) is 12.1 Å². The van der Waals surface area contributed by atoms with Crippen LogP contribution in [0.15, 0.2) is 23.1 Å². The van der Waals surface area contributed by atoms with E-state index in [0.29, 0.717) is 18.7 Å². The van der Waals surface area contributed by atoms with Crippen molar-refractivity contribution in [2.24, 2.45) is 0 Å². The minimum Gasteiger partial charge on any atom is -0.313 e. The Balaban J connectivity index is 2.78. The molecular formula is C14H23FN2O2S2. The summed E-state index contributed by atoms with van der Waals surface area (Å²) in [4.78, 5) is 0.0216. The van der Waals surface area contributed by atoms with E-state index in [1.807, 2.05) is 13.2 Å². The molecule has 0 heterocycles. The lowest BCUT2D eigenvalue weighted by atomic mass is 10.2. The first-order chi connectivity index (χ1) is 10.0. The fourth-order valence-corrected chi connectivity index (χ4v) is 3.65. The minimum absolute atomic E-state index is 0.0216. The molecule has 4 nitrogen and oxygen atoms in total. The SMILES string of the molecule is CCNCc1ccc(F)cc1S(=O)(=O)NCCCCSC. The number of hydrogen-bond donors (Lipinski definition) is 2. The first-order valence-electron chi connectivity index (χ1n) is 6.99. The highest BCUT2D eigenvalue weighted by molar-refractivity contribution is 7.98. The topological polar surface area (TPSA) is 58.2 Å². The maximum absolute atomic E-state index is 13.4. The molecule has 21 heavy (non-hydrogen) atoms. The van der Waals surface area contributed by atoms with E-state index in [-0.39, 0.29) is 4.90 Å². The van der Waals surface area contributed by atoms with E-state index in [0.717, 1.165) is 31.2 Å². The molecule has 120 valence electrons. The molecule has 0 aromatic heterocycles. The summed E-state index contributed by atoms with van der Waals surface area (Å²) in [6.07, 6.45) is 3.75. The van der Waals surface area contributed by atoms with Gasteiger partial charge in [-0.15, -0.1) is 0 Å². The van der Waals surface area contributed by atoms with Gasteiger partial charge in [-0.25, -0.2) is 17.5 Å². The Morgan fingerprint density at radius 2 is 2.05 bits per heavy atom. The molecule has 0 aliphatic rings. The molecule has 0 radical (unpaired) electrons. The van der Waals surface area contributed by atoms with Crippen LogP contribution in [0.25, 0.3) is 0 Å². The number of sulfonamides is 1. The lowest BCUT2D eigenvalue weighted by Crippen LogP contribution is -2.27. The number of hydrogen-bond acceptors (Lipinski definition) is 4. The zero-order valence-electron chi connectivity index (χ0n) is 12.5. The number of thioether (sulfide) groups is 1. The van der Waals surface area contributed by atoms with Crippen LogP contribution in [0.2, 0.25) is 0 Å². The van der Waals surface area contributed by atoms with Gasteiger partial charge >= 0.3 is 0 Å². The number of nitrogens with one attached hydrogen (secondary N) is 2. The predicted octanol–water partition coefficient (Wildman–Crippen LogP) is 2.36. The quantitative estimate of drug-likeness (QED) is 0.645. The first-order valence-corrected chi connectivity index (χ1v) is 9.86. The van der Waals surface area contributed by atoms with Crippen molar-refractivity contribution in [3.63, 3.8) is 0 Å². The van der Waals surface area contributed by atoms with Gasteiger partial charge in [-0.3, -0.25) is 0 Å². The Morgan fingerprint density at radius 3 is 2.71 bits per heavy atom. The number of benzene rings is 1. The van der Waals surface area contributed by atoms with E-state index >= 15 is 0 Å². The largest absolute Gasteiger partial charge is 0.313 e. The molecular weight excluding hydrogens is 311 g/mol. The Bertz CT molecular complexity index is 536. The van der Waals surface area contributed by atoms with Gasteiger partial charge in [-0.1, -0.05) is 13.0 Å². The van der Waals surface area contributed by atoms with Crippen LogP contribution in [-0.4, -0.2) is 33.5 Å². The third-order valence-electron chi connectivity index (χ3n) is 2.95. The molecule has 0 aliphatic heterocycles. The summed E-state index contributed by atoms with van der Waals surface area (Å²) in [5.41, 5.74) is 0.579. The summed E-state index contributed by atoms with van der Waals surface area (Å²) >= 11 is 1.73. The number of unbranched alkanes of at least 4 members (excludes halogenated alkanes) is 1. The van der Waals surface area contributed by atoms with Gasteiger partial charge in [0.05, 0.1) is 4.90 Å². The van der Waals surface area contributed by atoms with Crippen LogP contribution < -0.4 is 10.0 Å². The fraction of sp³-hybridized carbons (Fsp3) is 0.571. The normalized spacial score (nSPS) is 11.8. The fourth-order valence-electron chi connectivity index (χ4n) is 1.84. The van der Waals surface area contributed by atoms with E-state index in [9.17, 15) is 12.8 Å². The highest BCUT2D eigenvalue weighted by Gasteiger charge is 2.18. The summed E-state index contributed by atoms with van der Waals surface area (Å²) in [6.45, 7) is 3.43. The Kier molecular flexibility index (Phi) is 8.24. The third kappa shape index (κ3) is 6.34. The van der Waals surface area contributed by atoms with Crippen molar-refractivity contribution >= 4 is 21.8 Å². The molecule has 1 rings (SSSR count). The van der Waals surface area contributed by atoms with Crippen molar-refractivity contribution in [3.8, 4) is 0 Å². The van der Waals surface area contributed by atoms with E-state index < -0.39 is 15.8 Å².